The van der Waals surface area contributed by atoms with Gasteiger partial charge in [0.1, 0.15) is 0 Å². The normalized spacial score (nSPS) is 9.40. The van der Waals surface area contributed by atoms with Crippen LogP contribution < -0.4 is 5.32 Å². The van der Waals surface area contributed by atoms with E-state index in [4.69, 9.17) is 0 Å². The van der Waals surface area contributed by atoms with Crippen LogP contribution in [0.25, 0.3) is 11.4 Å². The lowest BCUT2D eigenvalue weighted by molar-refractivity contribution is 0.0956. The molecule has 106 valence electrons. The van der Waals surface area contributed by atoms with E-state index in [9.17, 15) is 4.79 Å². The average molecular weight is 271 g/mol. The molecule has 0 aliphatic heterocycles. The molecule has 0 saturated heterocycles. The van der Waals surface area contributed by atoms with E-state index in [1.54, 1.807) is 24.5 Å². The molecule has 2 heterocycles. The first kappa shape index (κ1) is 15.8. The van der Waals surface area contributed by atoms with Crippen LogP contribution in [0.1, 0.15) is 36.7 Å². The summed E-state index contributed by atoms with van der Waals surface area (Å²) >= 11 is 0. The van der Waals surface area contributed by atoms with E-state index >= 15 is 0 Å². The van der Waals surface area contributed by atoms with Crippen LogP contribution in [-0.4, -0.2) is 22.4 Å². The van der Waals surface area contributed by atoms with Crippen LogP contribution in [0.15, 0.2) is 36.7 Å². The van der Waals surface area contributed by atoms with Gasteiger partial charge in [0.05, 0.1) is 11.4 Å². The second-order valence-corrected chi connectivity index (χ2v) is 4.01. The van der Waals surface area contributed by atoms with Crippen molar-refractivity contribution >= 4 is 5.91 Å². The lowest BCUT2D eigenvalue weighted by Crippen LogP contribution is -2.22. The van der Waals surface area contributed by atoms with Crippen molar-refractivity contribution in [2.45, 2.75) is 27.7 Å². The zero-order valence-electron chi connectivity index (χ0n) is 12.5. The van der Waals surface area contributed by atoms with Crippen LogP contribution in [0.2, 0.25) is 0 Å². The maximum absolute atomic E-state index is 11.7. The summed E-state index contributed by atoms with van der Waals surface area (Å²) in [6.45, 7) is 8.50. The molecule has 0 unspecified atom stereocenters. The van der Waals surface area contributed by atoms with Gasteiger partial charge >= 0.3 is 0 Å². The Bertz CT molecular complexity index is 567. The summed E-state index contributed by atoms with van der Waals surface area (Å²) in [5, 5.41) is 2.76. The predicted octanol–water partition coefficient (Wildman–Crippen LogP) is 3.23. The van der Waals surface area contributed by atoms with Gasteiger partial charge in [-0.15, -0.1) is 0 Å². The van der Waals surface area contributed by atoms with Crippen molar-refractivity contribution in [3.05, 3.63) is 47.8 Å². The van der Waals surface area contributed by atoms with Gasteiger partial charge in [0.15, 0.2) is 0 Å². The lowest BCUT2D eigenvalue weighted by atomic mass is 10.1. The van der Waals surface area contributed by atoms with Crippen LogP contribution in [0.3, 0.4) is 0 Å². The SMILES string of the molecule is CC.CCNC(=O)c1ccnc(-c2cc(C)ccn2)c1. The monoisotopic (exact) mass is 271 g/mol. The Hall–Kier alpha value is -2.23. The van der Waals surface area contributed by atoms with Gasteiger partial charge in [-0.25, -0.2) is 0 Å². The van der Waals surface area contributed by atoms with E-state index in [-0.39, 0.29) is 5.91 Å². The number of pyridine rings is 2. The maximum Gasteiger partial charge on any atom is 0.251 e. The van der Waals surface area contributed by atoms with Gasteiger partial charge in [-0.05, 0) is 43.7 Å². The van der Waals surface area contributed by atoms with Crippen LogP contribution in [0.5, 0.6) is 0 Å². The number of nitrogens with one attached hydrogen (secondary N) is 1. The quantitative estimate of drug-likeness (QED) is 0.932. The molecule has 0 bridgehead atoms. The molecule has 0 fully saturated rings. The minimum absolute atomic E-state index is 0.0891. The molecule has 0 spiro atoms. The molecule has 0 saturated carbocycles. The number of amides is 1. The Labute approximate surface area is 120 Å². The molecule has 4 heteroatoms. The van der Waals surface area contributed by atoms with Crippen LogP contribution >= 0.6 is 0 Å². The van der Waals surface area contributed by atoms with Gasteiger partial charge in [0, 0.05) is 24.5 Å². The van der Waals surface area contributed by atoms with Gasteiger partial charge < -0.3 is 5.32 Å². The molecule has 1 amide bonds. The van der Waals surface area contributed by atoms with Crippen molar-refractivity contribution in [2.75, 3.05) is 6.54 Å². The standard InChI is InChI=1S/C14H15N3O.C2H6/c1-3-15-14(18)11-5-7-17-13(9-11)12-8-10(2)4-6-16-12;1-2/h4-9H,3H2,1-2H3,(H,15,18);1-2H3. The summed E-state index contributed by atoms with van der Waals surface area (Å²) in [6.07, 6.45) is 3.37. The highest BCUT2D eigenvalue weighted by atomic mass is 16.1. The molecule has 2 aromatic rings. The van der Waals surface area contributed by atoms with E-state index in [0.717, 1.165) is 11.3 Å². The first-order valence-electron chi connectivity index (χ1n) is 6.88. The molecule has 2 aromatic heterocycles. The molecular weight excluding hydrogens is 250 g/mol. The first-order chi connectivity index (χ1) is 9.70. The molecule has 4 nitrogen and oxygen atoms in total. The summed E-state index contributed by atoms with van der Waals surface area (Å²) in [4.78, 5) is 20.2. The molecule has 0 atom stereocenters. The Morgan fingerprint density at radius 3 is 2.30 bits per heavy atom. The number of hydrogen-bond acceptors (Lipinski definition) is 3. The van der Waals surface area contributed by atoms with Gasteiger partial charge in [-0.3, -0.25) is 14.8 Å². The number of aryl methyl sites for hydroxylation is 1. The molecule has 2 rings (SSSR count). The number of carbonyl (C=O) groups is 1. The average Bonchev–Trinajstić information content (AvgIpc) is 2.50. The summed E-state index contributed by atoms with van der Waals surface area (Å²) in [5.41, 5.74) is 3.21. The second kappa shape index (κ2) is 8.04. The number of nitrogens with zero attached hydrogens (tertiary/aromatic N) is 2. The molecule has 0 aliphatic rings. The van der Waals surface area contributed by atoms with E-state index in [1.807, 2.05) is 39.8 Å². The van der Waals surface area contributed by atoms with Gasteiger partial charge in [-0.1, -0.05) is 13.8 Å². The maximum atomic E-state index is 11.7. The van der Waals surface area contributed by atoms with Crippen molar-refractivity contribution in [2.24, 2.45) is 0 Å². The summed E-state index contributed by atoms with van der Waals surface area (Å²) in [6, 6.07) is 7.33. The zero-order chi connectivity index (χ0) is 15.0. The van der Waals surface area contributed by atoms with E-state index in [0.29, 0.717) is 17.8 Å². The minimum Gasteiger partial charge on any atom is -0.352 e. The molecule has 0 radical (unpaired) electrons. The van der Waals surface area contributed by atoms with Crippen molar-refractivity contribution in [1.29, 1.82) is 0 Å². The number of hydrogen-bond donors (Lipinski definition) is 1. The lowest BCUT2D eigenvalue weighted by Gasteiger charge is -2.05. The third-order valence-corrected chi connectivity index (χ3v) is 2.54. The summed E-state index contributed by atoms with van der Waals surface area (Å²) in [5.74, 6) is -0.0891. The second-order valence-electron chi connectivity index (χ2n) is 4.01. The predicted molar refractivity (Wildman–Crippen MR) is 81.6 cm³/mol. The molecule has 0 aromatic carbocycles. The highest BCUT2D eigenvalue weighted by molar-refractivity contribution is 5.94. The fraction of sp³-hybridized carbons (Fsp3) is 0.312. The number of aromatic nitrogens is 2. The Balaban J connectivity index is 0.000000956. The Morgan fingerprint density at radius 1 is 1.10 bits per heavy atom. The highest BCUT2D eigenvalue weighted by Crippen LogP contribution is 2.16. The van der Waals surface area contributed by atoms with E-state index < -0.39 is 0 Å². The van der Waals surface area contributed by atoms with Crippen molar-refractivity contribution in [3.63, 3.8) is 0 Å². The minimum atomic E-state index is -0.0891. The van der Waals surface area contributed by atoms with Crippen LogP contribution in [-0.2, 0) is 0 Å². The number of carbonyl (C=O) groups excluding carboxylic acids is 1. The Kier molecular flexibility index (Phi) is 6.37. The summed E-state index contributed by atoms with van der Waals surface area (Å²) in [7, 11) is 0. The molecular formula is C16H21N3O. The van der Waals surface area contributed by atoms with Gasteiger partial charge in [-0.2, -0.15) is 0 Å². The van der Waals surface area contributed by atoms with Crippen molar-refractivity contribution < 1.29 is 4.79 Å². The van der Waals surface area contributed by atoms with E-state index in [1.165, 1.54) is 0 Å². The van der Waals surface area contributed by atoms with Crippen molar-refractivity contribution in [1.82, 2.24) is 15.3 Å². The smallest absolute Gasteiger partial charge is 0.251 e. The van der Waals surface area contributed by atoms with Gasteiger partial charge in [0.25, 0.3) is 5.91 Å². The van der Waals surface area contributed by atoms with Crippen molar-refractivity contribution in [3.8, 4) is 11.4 Å². The van der Waals surface area contributed by atoms with Crippen LogP contribution in [0.4, 0.5) is 0 Å². The highest BCUT2D eigenvalue weighted by Gasteiger charge is 2.07. The molecule has 1 N–H and O–H groups in total. The largest absolute Gasteiger partial charge is 0.352 e. The zero-order valence-corrected chi connectivity index (χ0v) is 12.5. The first-order valence-corrected chi connectivity index (χ1v) is 6.88. The Morgan fingerprint density at radius 2 is 1.70 bits per heavy atom. The number of rotatable bonds is 3. The van der Waals surface area contributed by atoms with E-state index in [2.05, 4.69) is 15.3 Å². The molecule has 0 aliphatic carbocycles. The fourth-order valence-electron chi connectivity index (χ4n) is 1.65. The van der Waals surface area contributed by atoms with Crippen LogP contribution in [0, 0.1) is 6.92 Å². The summed E-state index contributed by atoms with van der Waals surface area (Å²) < 4.78 is 0. The molecule has 20 heavy (non-hydrogen) atoms. The third kappa shape index (κ3) is 4.16. The fourth-order valence-corrected chi connectivity index (χ4v) is 1.65. The third-order valence-electron chi connectivity index (χ3n) is 2.54. The topological polar surface area (TPSA) is 54.9 Å². The van der Waals surface area contributed by atoms with Gasteiger partial charge in [0.2, 0.25) is 0 Å².